The molecule has 3 aromatic rings. The number of likely N-dealkylation sites (tertiary alicyclic amines) is 1. The van der Waals surface area contributed by atoms with Crippen LogP contribution in [0.1, 0.15) is 35.3 Å². The molecule has 9 heteroatoms. The Balaban J connectivity index is 1.25. The summed E-state index contributed by atoms with van der Waals surface area (Å²) in [6.45, 7) is 0.193. The molecule has 3 aliphatic rings. The second kappa shape index (κ2) is 7.84. The van der Waals surface area contributed by atoms with Crippen molar-refractivity contribution in [2.45, 2.75) is 36.9 Å². The minimum Gasteiger partial charge on any atom is -0.496 e. The molecule has 3 amide bonds. The second-order valence-electron chi connectivity index (χ2n) is 9.71. The van der Waals surface area contributed by atoms with Crippen LogP contribution in [0, 0.1) is 5.92 Å². The molecule has 6 rings (SSSR count). The molecular weight excluding hydrogens is 446 g/mol. The van der Waals surface area contributed by atoms with Gasteiger partial charge in [0.1, 0.15) is 17.5 Å². The first-order valence-electron chi connectivity index (χ1n) is 11.8. The average Bonchev–Trinajstić information content (AvgIpc) is 3.40. The Morgan fingerprint density at radius 1 is 1.20 bits per heavy atom. The lowest BCUT2D eigenvalue weighted by atomic mass is 9.80. The summed E-state index contributed by atoms with van der Waals surface area (Å²) in [4.78, 5) is 44.6. The fourth-order valence-corrected chi connectivity index (χ4v) is 5.55. The van der Waals surface area contributed by atoms with Gasteiger partial charge in [0.25, 0.3) is 5.91 Å². The number of hydrogen-bond acceptors (Lipinski definition) is 5. The molecule has 3 heterocycles. The third kappa shape index (κ3) is 3.37. The van der Waals surface area contributed by atoms with E-state index >= 15 is 0 Å². The molecule has 1 aromatic heterocycles. The number of aromatic nitrogens is 1. The van der Waals surface area contributed by atoms with Crippen LogP contribution in [-0.2, 0) is 15.0 Å². The molecule has 1 saturated heterocycles. The van der Waals surface area contributed by atoms with Gasteiger partial charge in [0, 0.05) is 29.6 Å². The Morgan fingerprint density at radius 2 is 2.00 bits per heavy atom. The van der Waals surface area contributed by atoms with E-state index in [4.69, 9.17) is 10.5 Å². The number of nitrogens with two attached hydrogens (primary N) is 1. The molecule has 9 nitrogen and oxygen atoms in total. The van der Waals surface area contributed by atoms with Gasteiger partial charge in [-0.1, -0.05) is 24.3 Å². The third-order valence-electron chi connectivity index (χ3n) is 7.54. The van der Waals surface area contributed by atoms with Gasteiger partial charge >= 0.3 is 0 Å². The number of benzene rings is 2. The Morgan fingerprint density at radius 3 is 2.77 bits per heavy atom. The average molecular weight is 474 g/mol. The molecule has 2 fully saturated rings. The highest BCUT2D eigenvalue weighted by Crippen LogP contribution is 2.46. The summed E-state index contributed by atoms with van der Waals surface area (Å²) in [6.07, 6.45) is 1.44. The zero-order valence-electron chi connectivity index (χ0n) is 19.3. The lowest BCUT2D eigenvalue weighted by Gasteiger charge is -2.28. The first-order valence-corrected chi connectivity index (χ1v) is 11.8. The number of fused-ring (bicyclic) bond motifs is 3. The molecule has 2 aromatic carbocycles. The number of rotatable bonds is 5. The van der Waals surface area contributed by atoms with Crippen LogP contribution in [-0.4, -0.2) is 53.5 Å². The van der Waals surface area contributed by atoms with E-state index in [1.165, 1.54) is 0 Å². The maximum absolute atomic E-state index is 13.7. The predicted molar refractivity (Wildman–Crippen MR) is 130 cm³/mol. The number of aromatic amines is 1. The number of carbonyl (C=O) groups excluding carboxylic acids is 3. The van der Waals surface area contributed by atoms with Crippen molar-refractivity contribution < 1.29 is 19.1 Å². The third-order valence-corrected chi connectivity index (χ3v) is 7.54. The van der Waals surface area contributed by atoms with E-state index in [-0.39, 0.29) is 30.2 Å². The van der Waals surface area contributed by atoms with Crippen LogP contribution in [0.4, 0.5) is 5.69 Å². The van der Waals surface area contributed by atoms with Gasteiger partial charge < -0.3 is 31.0 Å². The molecule has 2 aliphatic heterocycles. The normalized spacial score (nSPS) is 23.9. The van der Waals surface area contributed by atoms with Gasteiger partial charge in [-0.05, 0) is 48.6 Å². The monoisotopic (exact) mass is 473 g/mol. The number of nitrogens with zero attached hydrogens (tertiary/aromatic N) is 1. The molecule has 35 heavy (non-hydrogen) atoms. The molecule has 1 saturated carbocycles. The van der Waals surface area contributed by atoms with Crippen molar-refractivity contribution in [3.05, 3.63) is 59.8 Å². The van der Waals surface area contributed by atoms with E-state index < -0.39 is 17.6 Å². The molecule has 3 atom stereocenters. The maximum atomic E-state index is 13.7. The standard InChI is InChI=1S/C26H27N5O4/c1-35-20-8-4-7-17-15(20)11-19(28-17)23(32)30-22(14-9-10-14)24(33)31-13-26(12-21(31)27)16-5-2-3-6-18(16)29-25(26)34/h2-8,11,14,21-22,28H,9-10,12-13,27H2,1H3,(H,29,34)(H,30,32)/t21-,22-,26-/m0/s1. The number of ether oxygens (including phenoxy) is 1. The molecule has 0 unspecified atom stereocenters. The summed E-state index contributed by atoms with van der Waals surface area (Å²) >= 11 is 0. The van der Waals surface area contributed by atoms with Crippen molar-refractivity contribution in [1.29, 1.82) is 0 Å². The van der Waals surface area contributed by atoms with Crippen LogP contribution >= 0.6 is 0 Å². The van der Waals surface area contributed by atoms with Gasteiger partial charge in [0.15, 0.2) is 0 Å². The van der Waals surface area contributed by atoms with Gasteiger partial charge in [-0.2, -0.15) is 0 Å². The van der Waals surface area contributed by atoms with Gasteiger partial charge in [-0.25, -0.2) is 0 Å². The summed E-state index contributed by atoms with van der Waals surface area (Å²) in [5, 5.41) is 6.67. The zero-order valence-corrected chi connectivity index (χ0v) is 19.3. The maximum Gasteiger partial charge on any atom is 0.268 e. The van der Waals surface area contributed by atoms with Crippen LogP contribution in [0.3, 0.4) is 0 Å². The van der Waals surface area contributed by atoms with Gasteiger partial charge in [0.2, 0.25) is 11.8 Å². The van der Waals surface area contributed by atoms with E-state index in [9.17, 15) is 14.4 Å². The summed E-state index contributed by atoms with van der Waals surface area (Å²) < 4.78 is 5.39. The van der Waals surface area contributed by atoms with Crippen molar-refractivity contribution in [2.75, 3.05) is 19.0 Å². The van der Waals surface area contributed by atoms with Crippen molar-refractivity contribution in [3.8, 4) is 5.75 Å². The van der Waals surface area contributed by atoms with Crippen LogP contribution < -0.4 is 21.1 Å². The molecule has 0 radical (unpaired) electrons. The van der Waals surface area contributed by atoms with Gasteiger partial charge in [-0.15, -0.1) is 0 Å². The predicted octanol–water partition coefficient (Wildman–Crippen LogP) is 2.09. The van der Waals surface area contributed by atoms with Crippen molar-refractivity contribution >= 4 is 34.3 Å². The summed E-state index contributed by atoms with van der Waals surface area (Å²) in [6, 6.07) is 14.1. The Kier molecular flexibility index (Phi) is 4.86. The van der Waals surface area contributed by atoms with Crippen molar-refractivity contribution in [3.63, 3.8) is 0 Å². The number of para-hydroxylation sites is 1. The number of carbonyl (C=O) groups is 3. The smallest absolute Gasteiger partial charge is 0.268 e. The van der Waals surface area contributed by atoms with Crippen LogP contribution in [0.25, 0.3) is 10.9 Å². The van der Waals surface area contributed by atoms with E-state index in [0.29, 0.717) is 17.9 Å². The van der Waals surface area contributed by atoms with Gasteiger partial charge in [0.05, 0.1) is 18.7 Å². The largest absolute Gasteiger partial charge is 0.496 e. The van der Waals surface area contributed by atoms with Gasteiger partial charge in [-0.3, -0.25) is 14.4 Å². The highest BCUT2D eigenvalue weighted by Gasteiger charge is 2.56. The summed E-state index contributed by atoms with van der Waals surface area (Å²) in [5.74, 6) is -0.0191. The number of hydrogen-bond donors (Lipinski definition) is 4. The number of H-pyrrole nitrogens is 1. The first kappa shape index (κ1) is 21.7. The Bertz CT molecular complexity index is 1360. The van der Waals surface area contributed by atoms with Crippen LogP contribution in [0.5, 0.6) is 5.75 Å². The summed E-state index contributed by atoms with van der Waals surface area (Å²) in [5.41, 5.74) is 8.33. The van der Waals surface area contributed by atoms with E-state index in [0.717, 1.165) is 35.0 Å². The molecule has 1 spiro atoms. The van der Waals surface area contributed by atoms with Crippen molar-refractivity contribution in [1.82, 2.24) is 15.2 Å². The molecule has 1 aliphatic carbocycles. The topological polar surface area (TPSA) is 130 Å². The molecule has 180 valence electrons. The molecular formula is C26H27N5O4. The van der Waals surface area contributed by atoms with E-state index in [1.54, 1.807) is 18.1 Å². The van der Waals surface area contributed by atoms with Crippen LogP contribution in [0.2, 0.25) is 0 Å². The van der Waals surface area contributed by atoms with E-state index in [2.05, 4.69) is 15.6 Å². The SMILES string of the molecule is COc1cccc2[nH]c(C(=O)N[C@H](C(=O)N3C[C@]4(C[C@H]3N)C(=O)Nc3ccccc34)C3CC3)cc12. The highest BCUT2D eigenvalue weighted by molar-refractivity contribution is 6.07. The molecule has 0 bridgehead atoms. The summed E-state index contributed by atoms with van der Waals surface area (Å²) in [7, 11) is 1.58. The highest BCUT2D eigenvalue weighted by atomic mass is 16.5. The lowest BCUT2D eigenvalue weighted by molar-refractivity contribution is -0.134. The molecule has 5 N–H and O–H groups in total. The number of nitrogens with one attached hydrogen (secondary N) is 3. The quantitative estimate of drug-likeness (QED) is 0.451. The number of anilines is 1. The van der Waals surface area contributed by atoms with E-state index in [1.807, 2.05) is 42.5 Å². The number of amides is 3. The lowest BCUT2D eigenvalue weighted by Crippen LogP contribution is -2.53. The fraction of sp³-hybridized carbons (Fsp3) is 0.346. The Labute approximate surface area is 202 Å². The second-order valence-corrected chi connectivity index (χ2v) is 9.71. The minimum absolute atomic E-state index is 0.0544. The zero-order chi connectivity index (χ0) is 24.3. The Hall–Kier alpha value is -3.85. The number of methoxy groups -OCH3 is 1. The minimum atomic E-state index is -0.864. The first-order chi connectivity index (χ1) is 16.9. The fourth-order valence-electron chi connectivity index (χ4n) is 5.55. The van der Waals surface area contributed by atoms with Crippen LogP contribution in [0.15, 0.2) is 48.5 Å². The van der Waals surface area contributed by atoms with Crippen molar-refractivity contribution in [2.24, 2.45) is 11.7 Å².